The second-order valence-corrected chi connectivity index (χ2v) is 3.71. The van der Waals surface area contributed by atoms with E-state index in [0.717, 1.165) is 0 Å². The summed E-state index contributed by atoms with van der Waals surface area (Å²) in [6, 6.07) is 0. The molecule has 0 bridgehead atoms. The molecule has 2 N–H and O–H groups in total. The molecule has 0 unspecified atom stereocenters. The van der Waals surface area contributed by atoms with E-state index in [2.05, 4.69) is 5.10 Å². The van der Waals surface area contributed by atoms with E-state index in [9.17, 15) is 13.2 Å². The maximum Gasteiger partial charge on any atom is 0.389 e. The molecule has 0 aliphatic carbocycles. The summed E-state index contributed by atoms with van der Waals surface area (Å²) in [5.41, 5.74) is 6.85. The minimum atomic E-state index is -4.14. The lowest BCUT2D eigenvalue weighted by atomic mass is 10.3. The zero-order valence-electron chi connectivity index (χ0n) is 9.84. The van der Waals surface area contributed by atoms with Gasteiger partial charge in [0.05, 0.1) is 12.3 Å². The van der Waals surface area contributed by atoms with Crippen LogP contribution >= 0.6 is 0 Å². The number of aromatic nitrogens is 2. The van der Waals surface area contributed by atoms with E-state index < -0.39 is 12.6 Å². The van der Waals surface area contributed by atoms with Gasteiger partial charge in [-0.3, -0.25) is 0 Å². The van der Waals surface area contributed by atoms with E-state index in [1.165, 1.54) is 4.68 Å². The fourth-order valence-corrected chi connectivity index (χ4v) is 1.45. The van der Waals surface area contributed by atoms with Crippen molar-refractivity contribution >= 4 is 5.69 Å². The maximum absolute atomic E-state index is 11.9. The molecule has 98 valence electrons. The van der Waals surface area contributed by atoms with Gasteiger partial charge in [-0.1, -0.05) is 6.92 Å². The van der Waals surface area contributed by atoms with Crippen molar-refractivity contribution in [3.05, 3.63) is 5.69 Å². The van der Waals surface area contributed by atoms with Gasteiger partial charge >= 0.3 is 6.18 Å². The third-order valence-corrected chi connectivity index (χ3v) is 2.28. The van der Waals surface area contributed by atoms with E-state index in [0.29, 0.717) is 23.7 Å². The van der Waals surface area contributed by atoms with Crippen molar-refractivity contribution < 1.29 is 17.9 Å². The summed E-state index contributed by atoms with van der Waals surface area (Å²) in [6.45, 7) is 1.87. The van der Waals surface area contributed by atoms with Crippen LogP contribution in [0.2, 0.25) is 0 Å². The molecule has 7 heteroatoms. The van der Waals surface area contributed by atoms with Crippen molar-refractivity contribution in [3.8, 4) is 5.88 Å². The van der Waals surface area contributed by atoms with Crippen LogP contribution in [0, 0.1) is 0 Å². The van der Waals surface area contributed by atoms with E-state index in [-0.39, 0.29) is 13.0 Å². The van der Waals surface area contributed by atoms with Crippen LogP contribution in [-0.2, 0) is 13.5 Å². The van der Waals surface area contributed by atoms with Crippen LogP contribution in [0.1, 0.15) is 25.5 Å². The van der Waals surface area contributed by atoms with Crippen LogP contribution in [0.15, 0.2) is 0 Å². The Bertz CT molecular complexity index is 374. The highest BCUT2D eigenvalue weighted by Crippen LogP contribution is 2.26. The quantitative estimate of drug-likeness (QED) is 0.817. The number of aryl methyl sites for hydroxylation is 2. The molecular formula is C10H16F3N3O. The van der Waals surface area contributed by atoms with Crippen LogP contribution < -0.4 is 10.5 Å². The first-order valence-electron chi connectivity index (χ1n) is 5.36. The monoisotopic (exact) mass is 251 g/mol. The Morgan fingerprint density at radius 1 is 1.41 bits per heavy atom. The van der Waals surface area contributed by atoms with Gasteiger partial charge in [0, 0.05) is 13.5 Å². The molecule has 0 atom stereocenters. The number of ether oxygens (including phenoxy) is 1. The minimum absolute atomic E-state index is 0.0214. The number of nitrogens with zero attached hydrogens (tertiary/aromatic N) is 2. The molecule has 1 aromatic heterocycles. The Morgan fingerprint density at radius 2 is 2.06 bits per heavy atom. The fraction of sp³-hybridized carbons (Fsp3) is 0.700. The summed E-state index contributed by atoms with van der Waals surface area (Å²) in [7, 11) is 1.65. The summed E-state index contributed by atoms with van der Waals surface area (Å²) in [6.07, 6.45) is -4.43. The fourth-order valence-electron chi connectivity index (χ4n) is 1.45. The smallest absolute Gasteiger partial charge is 0.389 e. The zero-order chi connectivity index (χ0) is 13.1. The van der Waals surface area contributed by atoms with Gasteiger partial charge in [-0.25, -0.2) is 4.68 Å². The average molecular weight is 251 g/mol. The van der Waals surface area contributed by atoms with Crippen molar-refractivity contribution in [3.63, 3.8) is 0 Å². The molecule has 1 heterocycles. The molecule has 1 rings (SSSR count). The van der Waals surface area contributed by atoms with Crippen LogP contribution in [0.3, 0.4) is 0 Å². The minimum Gasteiger partial charge on any atom is -0.476 e. The van der Waals surface area contributed by atoms with Crippen LogP contribution in [0.4, 0.5) is 18.9 Å². The summed E-state index contributed by atoms with van der Waals surface area (Å²) in [5, 5.41) is 4.10. The molecule has 17 heavy (non-hydrogen) atoms. The molecule has 0 aliphatic heterocycles. The predicted octanol–water partition coefficient (Wildman–Crippen LogP) is 2.29. The lowest BCUT2D eigenvalue weighted by molar-refractivity contribution is -0.136. The normalized spacial score (nSPS) is 11.8. The van der Waals surface area contributed by atoms with E-state index >= 15 is 0 Å². The molecule has 0 aliphatic rings. The summed E-state index contributed by atoms with van der Waals surface area (Å²) >= 11 is 0. The topological polar surface area (TPSA) is 53.1 Å². The highest BCUT2D eigenvalue weighted by Gasteiger charge is 2.26. The van der Waals surface area contributed by atoms with Crippen molar-refractivity contribution in [1.29, 1.82) is 0 Å². The number of halogens is 3. The number of hydrogen-bond donors (Lipinski definition) is 1. The number of hydrogen-bond acceptors (Lipinski definition) is 3. The Balaban J connectivity index is 2.50. The van der Waals surface area contributed by atoms with Crippen molar-refractivity contribution in [1.82, 2.24) is 9.78 Å². The molecule has 0 amide bonds. The number of alkyl halides is 3. The first-order chi connectivity index (χ1) is 7.85. The number of anilines is 1. The largest absolute Gasteiger partial charge is 0.476 e. The van der Waals surface area contributed by atoms with Gasteiger partial charge < -0.3 is 10.5 Å². The van der Waals surface area contributed by atoms with Gasteiger partial charge in [-0.2, -0.15) is 18.3 Å². The van der Waals surface area contributed by atoms with Gasteiger partial charge in [0.25, 0.3) is 0 Å². The van der Waals surface area contributed by atoms with Crippen LogP contribution in [-0.4, -0.2) is 22.6 Å². The molecule has 0 saturated heterocycles. The van der Waals surface area contributed by atoms with E-state index in [4.69, 9.17) is 10.5 Å². The zero-order valence-corrected chi connectivity index (χ0v) is 9.84. The summed E-state index contributed by atoms with van der Waals surface area (Å²) in [5.74, 6) is 0.337. The molecule has 4 nitrogen and oxygen atoms in total. The third-order valence-electron chi connectivity index (χ3n) is 2.28. The molecule has 0 spiro atoms. The first kappa shape index (κ1) is 13.7. The Hall–Kier alpha value is -1.40. The molecule has 0 fully saturated rings. The third kappa shape index (κ3) is 3.83. The molecule has 1 aromatic rings. The Morgan fingerprint density at radius 3 is 2.53 bits per heavy atom. The van der Waals surface area contributed by atoms with Gasteiger partial charge in [-0.05, 0) is 12.8 Å². The SMILES string of the molecule is CCc1nn(C)c(OCCCC(F)(F)F)c1N. The predicted molar refractivity (Wildman–Crippen MR) is 57.8 cm³/mol. The van der Waals surface area contributed by atoms with Crippen molar-refractivity contribution in [2.75, 3.05) is 12.3 Å². The van der Waals surface area contributed by atoms with Gasteiger partial charge in [0.2, 0.25) is 5.88 Å². The van der Waals surface area contributed by atoms with E-state index in [1.807, 2.05) is 6.92 Å². The Labute approximate surface area is 97.5 Å². The van der Waals surface area contributed by atoms with Gasteiger partial charge in [0.15, 0.2) is 0 Å². The molecule has 0 saturated carbocycles. The second kappa shape index (κ2) is 5.29. The second-order valence-electron chi connectivity index (χ2n) is 3.71. The van der Waals surface area contributed by atoms with Crippen LogP contribution in [0.25, 0.3) is 0 Å². The van der Waals surface area contributed by atoms with Gasteiger partial charge in [-0.15, -0.1) is 0 Å². The number of rotatable bonds is 5. The first-order valence-corrected chi connectivity index (χ1v) is 5.36. The highest BCUT2D eigenvalue weighted by molar-refractivity contribution is 5.53. The molecular weight excluding hydrogens is 235 g/mol. The average Bonchev–Trinajstić information content (AvgIpc) is 2.48. The van der Waals surface area contributed by atoms with Gasteiger partial charge in [0.1, 0.15) is 5.69 Å². The lowest BCUT2D eigenvalue weighted by Crippen LogP contribution is -2.11. The summed E-state index contributed by atoms with van der Waals surface area (Å²) in [4.78, 5) is 0. The van der Waals surface area contributed by atoms with Crippen molar-refractivity contribution in [2.24, 2.45) is 7.05 Å². The van der Waals surface area contributed by atoms with Crippen LogP contribution in [0.5, 0.6) is 5.88 Å². The van der Waals surface area contributed by atoms with Crippen molar-refractivity contribution in [2.45, 2.75) is 32.4 Å². The van der Waals surface area contributed by atoms with E-state index in [1.54, 1.807) is 7.05 Å². The number of nitrogen functional groups attached to an aromatic ring is 1. The highest BCUT2D eigenvalue weighted by atomic mass is 19.4. The molecule has 0 aromatic carbocycles. The Kier molecular flexibility index (Phi) is 4.25. The lowest BCUT2D eigenvalue weighted by Gasteiger charge is -2.08. The molecule has 0 radical (unpaired) electrons. The maximum atomic E-state index is 11.9. The standard InChI is InChI=1S/C10H16F3N3O/c1-3-7-8(14)9(16(2)15-7)17-6-4-5-10(11,12)13/h3-6,14H2,1-2H3. The number of nitrogens with two attached hydrogens (primary N) is 1. The summed E-state index contributed by atoms with van der Waals surface area (Å²) < 4.78 is 42.4.